The fourth-order valence-corrected chi connectivity index (χ4v) is 4.34. The summed E-state index contributed by atoms with van der Waals surface area (Å²) in [5.74, 6) is 0.691. The zero-order valence-electron chi connectivity index (χ0n) is 15.6. The van der Waals surface area contributed by atoms with E-state index in [1.54, 1.807) is 0 Å². The highest BCUT2D eigenvalue weighted by Crippen LogP contribution is 2.28. The van der Waals surface area contributed by atoms with Crippen molar-refractivity contribution < 1.29 is 17.9 Å². The summed E-state index contributed by atoms with van der Waals surface area (Å²) >= 11 is 0. The number of carbonyl (C=O) groups is 1. The minimum atomic E-state index is -3.51. The summed E-state index contributed by atoms with van der Waals surface area (Å²) in [5.41, 5.74) is 0.842. The SMILES string of the molecule is CC(C)COc1ccccc1CNC(=O)C1(S(C)(=O)=O)CCNCC1.Cl. The largest absolute Gasteiger partial charge is 0.493 e. The summed E-state index contributed by atoms with van der Waals surface area (Å²) in [6.07, 6.45) is 1.74. The van der Waals surface area contributed by atoms with E-state index in [9.17, 15) is 13.2 Å². The van der Waals surface area contributed by atoms with Crippen molar-refractivity contribution >= 4 is 28.2 Å². The highest BCUT2D eigenvalue weighted by molar-refractivity contribution is 7.92. The number of carbonyl (C=O) groups excluding carboxylic acids is 1. The number of hydrogen-bond donors (Lipinski definition) is 2. The van der Waals surface area contributed by atoms with E-state index in [-0.39, 0.29) is 19.0 Å². The number of piperidine rings is 1. The summed E-state index contributed by atoms with van der Waals surface area (Å²) in [4.78, 5) is 12.8. The van der Waals surface area contributed by atoms with Gasteiger partial charge in [0.1, 0.15) is 5.75 Å². The number of rotatable bonds is 7. The Morgan fingerprint density at radius 2 is 1.88 bits per heavy atom. The van der Waals surface area contributed by atoms with Gasteiger partial charge in [-0.2, -0.15) is 0 Å². The predicted molar refractivity (Wildman–Crippen MR) is 106 cm³/mol. The first-order valence-electron chi connectivity index (χ1n) is 8.65. The Morgan fingerprint density at radius 1 is 1.27 bits per heavy atom. The molecule has 1 fully saturated rings. The van der Waals surface area contributed by atoms with Crippen LogP contribution in [0.4, 0.5) is 0 Å². The molecule has 0 aromatic heterocycles. The molecule has 1 saturated heterocycles. The number of para-hydroxylation sites is 1. The van der Waals surface area contributed by atoms with Gasteiger partial charge in [-0.15, -0.1) is 12.4 Å². The first kappa shape index (κ1) is 22.7. The molecule has 1 aliphatic heterocycles. The number of amides is 1. The van der Waals surface area contributed by atoms with Gasteiger partial charge < -0.3 is 15.4 Å². The highest BCUT2D eigenvalue weighted by atomic mass is 35.5. The maximum absolute atomic E-state index is 12.8. The van der Waals surface area contributed by atoms with Crippen LogP contribution in [0, 0.1) is 5.92 Å². The van der Waals surface area contributed by atoms with Crippen LogP contribution in [0.5, 0.6) is 5.75 Å². The Morgan fingerprint density at radius 3 is 2.46 bits per heavy atom. The smallest absolute Gasteiger partial charge is 0.241 e. The van der Waals surface area contributed by atoms with E-state index in [0.717, 1.165) is 17.6 Å². The molecule has 0 spiro atoms. The van der Waals surface area contributed by atoms with E-state index < -0.39 is 20.5 Å². The quantitative estimate of drug-likeness (QED) is 0.725. The van der Waals surface area contributed by atoms with Crippen LogP contribution in [0.2, 0.25) is 0 Å². The monoisotopic (exact) mass is 404 g/mol. The second-order valence-electron chi connectivity index (χ2n) is 7.01. The molecule has 1 heterocycles. The zero-order valence-corrected chi connectivity index (χ0v) is 17.2. The Balaban J connectivity index is 0.00000338. The lowest BCUT2D eigenvalue weighted by atomic mass is 9.95. The molecule has 148 valence electrons. The van der Waals surface area contributed by atoms with Gasteiger partial charge >= 0.3 is 0 Å². The molecular weight excluding hydrogens is 376 g/mol. The number of ether oxygens (including phenoxy) is 1. The molecule has 1 aromatic rings. The van der Waals surface area contributed by atoms with Crippen molar-refractivity contribution in [2.24, 2.45) is 5.92 Å². The van der Waals surface area contributed by atoms with Crippen molar-refractivity contribution in [3.63, 3.8) is 0 Å². The normalized spacial score (nSPS) is 16.6. The fourth-order valence-electron chi connectivity index (χ4n) is 2.98. The maximum Gasteiger partial charge on any atom is 0.241 e. The van der Waals surface area contributed by atoms with Crippen molar-refractivity contribution in [2.45, 2.75) is 38.0 Å². The number of hydrogen-bond acceptors (Lipinski definition) is 5. The Labute approximate surface area is 162 Å². The van der Waals surface area contributed by atoms with Crippen molar-refractivity contribution in [2.75, 3.05) is 26.0 Å². The van der Waals surface area contributed by atoms with Gasteiger partial charge in [-0.1, -0.05) is 32.0 Å². The number of halogens is 1. The van der Waals surface area contributed by atoms with Gasteiger partial charge in [-0.05, 0) is 37.9 Å². The van der Waals surface area contributed by atoms with Crippen molar-refractivity contribution in [1.29, 1.82) is 0 Å². The second-order valence-corrected chi connectivity index (χ2v) is 9.34. The molecule has 1 aliphatic rings. The number of sulfone groups is 1. The standard InChI is InChI=1S/C18H28N2O4S.ClH/c1-14(2)13-24-16-7-5-4-6-15(16)12-20-17(21)18(25(3,22)23)8-10-19-11-9-18;/h4-7,14,19H,8-13H2,1-3H3,(H,20,21);1H. The highest BCUT2D eigenvalue weighted by Gasteiger charge is 2.48. The molecule has 0 saturated carbocycles. The lowest BCUT2D eigenvalue weighted by Crippen LogP contribution is -2.57. The van der Waals surface area contributed by atoms with E-state index in [4.69, 9.17) is 4.74 Å². The molecule has 2 rings (SSSR count). The summed E-state index contributed by atoms with van der Waals surface area (Å²) in [7, 11) is -3.51. The summed E-state index contributed by atoms with van der Waals surface area (Å²) in [5, 5.41) is 5.93. The molecule has 0 aliphatic carbocycles. The lowest BCUT2D eigenvalue weighted by Gasteiger charge is -2.34. The van der Waals surface area contributed by atoms with Crippen LogP contribution in [-0.4, -0.2) is 45.0 Å². The molecule has 26 heavy (non-hydrogen) atoms. The molecule has 1 aromatic carbocycles. The molecule has 8 heteroatoms. The first-order valence-corrected chi connectivity index (χ1v) is 10.5. The molecule has 0 bridgehead atoms. The van der Waals surface area contributed by atoms with Gasteiger partial charge in [-0.3, -0.25) is 4.79 Å². The molecule has 0 atom stereocenters. The average molecular weight is 405 g/mol. The maximum atomic E-state index is 12.8. The summed E-state index contributed by atoms with van der Waals surface area (Å²) in [6, 6.07) is 7.50. The van der Waals surface area contributed by atoms with Crippen LogP contribution < -0.4 is 15.4 Å². The fraction of sp³-hybridized carbons (Fsp3) is 0.611. The molecule has 6 nitrogen and oxygen atoms in total. The van der Waals surface area contributed by atoms with Crippen LogP contribution in [-0.2, 0) is 21.2 Å². The topological polar surface area (TPSA) is 84.5 Å². The molecular formula is C18H29ClN2O4S. The van der Waals surface area contributed by atoms with E-state index in [1.807, 2.05) is 24.3 Å². The van der Waals surface area contributed by atoms with E-state index in [1.165, 1.54) is 0 Å². The van der Waals surface area contributed by atoms with Crippen LogP contribution in [0.15, 0.2) is 24.3 Å². The van der Waals surface area contributed by atoms with E-state index in [2.05, 4.69) is 24.5 Å². The number of nitrogens with one attached hydrogen (secondary N) is 2. The van der Waals surface area contributed by atoms with Crippen LogP contribution in [0.1, 0.15) is 32.3 Å². The van der Waals surface area contributed by atoms with Crippen molar-refractivity contribution in [1.82, 2.24) is 10.6 Å². The van der Waals surface area contributed by atoms with Gasteiger partial charge in [0.05, 0.1) is 6.61 Å². The molecule has 1 amide bonds. The Kier molecular flexibility index (Phi) is 8.37. The average Bonchev–Trinajstić information content (AvgIpc) is 2.58. The first-order chi connectivity index (χ1) is 11.8. The minimum absolute atomic E-state index is 0. The summed E-state index contributed by atoms with van der Waals surface area (Å²) < 4.78 is 29.0. The number of benzene rings is 1. The predicted octanol–water partition coefficient (Wildman–Crippen LogP) is 1.93. The van der Waals surface area contributed by atoms with Crippen molar-refractivity contribution in [3.8, 4) is 5.75 Å². The van der Waals surface area contributed by atoms with Gasteiger partial charge in [0.15, 0.2) is 14.6 Å². The molecule has 2 N–H and O–H groups in total. The van der Waals surface area contributed by atoms with Crippen LogP contribution >= 0.6 is 12.4 Å². The molecule has 0 unspecified atom stereocenters. The van der Waals surface area contributed by atoms with E-state index >= 15 is 0 Å². The third-order valence-corrected chi connectivity index (χ3v) is 6.53. The van der Waals surface area contributed by atoms with Gasteiger partial charge in [0.25, 0.3) is 0 Å². The second kappa shape index (κ2) is 9.58. The van der Waals surface area contributed by atoms with E-state index in [0.29, 0.717) is 38.5 Å². The van der Waals surface area contributed by atoms with Crippen molar-refractivity contribution in [3.05, 3.63) is 29.8 Å². The summed E-state index contributed by atoms with van der Waals surface area (Å²) in [6.45, 7) is 6.01. The van der Waals surface area contributed by atoms with Crippen LogP contribution in [0.3, 0.4) is 0 Å². The van der Waals surface area contributed by atoms with Gasteiger partial charge in [0, 0.05) is 18.4 Å². The van der Waals surface area contributed by atoms with Gasteiger partial charge in [0.2, 0.25) is 5.91 Å². The minimum Gasteiger partial charge on any atom is -0.493 e. The molecule has 0 radical (unpaired) electrons. The third-order valence-electron chi connectivity index (χ3n) is 4.52. The zero-order chi connectivity index (χ0) is 18.5. The third kappa shape index (κ3) is 5.34. The van der Waals surface area contributed by atoms with Crippen LogP contribution in [0.25, 0.3) is 0 Å². The Hall–Kier alpha value is -1.31. The van der Waals surface area contributed by atoms with Gasteiger partial charge in [-0.25, -0.2) is 8.42 Å². The Bertz CT molecular complexity index is 701. The lowest BCUT2D eigenvalue weighted by molar-refractivity contribution is -0.124.